The molecule has 1 aliphatic carbocycles. The van der Waals surface area contributed by atoms with E-state index in [-0.39, 0.29) is 28.5 Å². The Morgan fingerprint density at radius 2 is 1.62 bits per heavy atom. The van der Waals surface area contributed by atoms with Gasteiger partial charge >= 0.3 is 0 Å². The SMILES string of the molecule is CCCCCCCCCCCc1cc([N+](=O)[O-])cc2c1OC1=CC(=O)C(Nc3cc([N+](=O)[O-])ccc3O)=C[C@@H]1N2. The number of unbranched alkanes of at least 4 members (excludes halogenated alkanes) is 8. The number of ketones is 1. The number of nitrogens with one attached hydrogen (secondary N) is 2. The maximum atomic E-state index is 12.9. The summed E-state index contributed by atoms with van der Waals surface area (Å²) in [5, 5.41) is 38.9. The summed E-state index contributed by atoms with van der Waals surface area (Å²) in [7, 11) is 0. The van der Waals surface area contributed by atoms with Crippen molar-refractivity contribution >= 4 is 28.5 Å². The van der Waals surface area contributed by atoms with Crippen LogP contribution in [0.3, 0.4) is 0 Å². The minimum Gasteiger partial charge on any atom is -0.506 e. The summed E-state index contributed by atoms with van der Waals surface area (Å²) in [6.45, 7) is 2.20. The van der Waals surface area contributed by atoms with Gasteiger partial charge in [-0.2, -0.15) is 0 Å². The minimum atomic E-state index is -0.615. The monoisotopic (exact) mass is 550 g/mol. The minimum absolute atomic E-state index is 0.00154. The second-order valence-corrected chi connectivity index (χ2v) is 10.1. The Morgan fingerprint density at radius 3 is 2.30 bits per heavy atom. The van der Waals surface area contributed by atoms with Crippen LogP contribution in [-0.2, 0) is 11.2 Å². The standard InChI is InChI=1S/C29H34N4O7/c1-2-3-4-5-6-7-8-9-10-11-19-14-21(33(38)39)16-25-29(19)40-28-18-27(35)23(17-24(28)31-25)30-22-15-20(32(36)37)12-13-26(22)34/h12-18,24,30-31,34H,2-11H2,1H3/t24-/m0/s1. The zero-order valence-electron chi connectivity index (χ0n) is 22.5. The Morgan fingerprint density at radius 1 is 0.950 bits per heavy atom. The predicted octanol–water partition coefficient (Wildman–Crippen LogP) is 6.92. The number of ether oxygens (including phenoxy) is 1. The van der Waals surface area contributed by atoms with Crippen LogP contribution in [-0.4, -0.2) is 26.8 Å². The van der Waals surface area contributed by atoms with E-state index >= 15 is 0 Å². The average Bonchev–Trinajstić information content (AvgIpc) is 2.92. The first-order chi connectivity index (χ1) is 19.3. The molecule has 3 N–H and O–H groups in total. The lowest BCUT2D eigenvalue weighted by Crippen LogP contribution is -2.33. The van der Waals surface area contributed by atoms with Gasteiger partial charge in [0.25, 0.3) is 11.4 Å². The number of nitrogens with zero attached hydrogens (tertiary/aromatic N) is 2. The molecule has 40 heavy (non-hydrogen) atoms. The van der Waals surface area contributed by atoms with Gasteiger partial charge in [0.15, 0.2) is 5.75 Å². The van der Waals surface area contributed by atoms with Gasteiger partial charge in [0.1, 0.15) is 17.6 Å². The van der Waals surface area contributed by atoms with Crippen LogP contribution >= 0.6 is 0 Å². The Kier molecular flexibility index (Phi) is 9.36. The summed E-state index contributed by atoms with van der Waals surface area (Å²) in [5.74, 6) is 0.115. The number of carbonyl (C=O) groups is 1. The third-order valence-corrected chi connectivity index (χ3v) is 7.08. The molecule has 1 atom stereocenters. The lowest BCUT2D eigenvalue weighted by atomic mass is 9.98. The highest BCUT2D eigenvalue weighted by atomic mass is 16.6. The molecular weight excluding hydrogens is 516 g/mol. The molecule has 2 aromatic carbocycles. The van der Waals surface area contributed by atoms with Gasteiger partial charge < -0.3 is 20.5 Å². The van der Waals surface area contributed by atoms with Gasteiger partial charge in [-0.1, -0.05) is 58.3 Å². The van der Waals surface area contributed by atoms with Crippen LogP contribution in [0.2, 0.25) is 0 Å². The van der Waals surface area contributed by atoms with Crippen LogP contribution in [0, 0.1) is 20.2 Å². The molecule has 0 amide bonds. The molecule has 0 radical (unpaired) electrons. The van der Waals surface area contributed by atoms with Crippen LogP contribution < -0.4 is 15.4 Å². The predicted molar refractivity (Wildman–Crippen MR) is 152 cm³/mol. The summed E-state index contributed by atoms with van der Waals surface area (Å²) in [6.07, 6.45) is 13.9. The second kappa shape index (κ2) is 13.1. The van der Waals surface area contributed by atoms with E-state index in [4.69, 9.17) is 4.74 Å². The molecule has 0 saturated carbocycles. The average molecular weight is 551 g/mol. The zero-order chi connectivity index (χ0) is 28.6. The number of carbonyl (C=O) groups excluding carboxylic acids is 1. The molecule has 0 fully saturated rings. The molecule has 1 heterocycles. The molecule has 0 aromatic heterocycles. The quantitative estimate of drug-likeness (QED) is 0.0983. The number of non-ortho nitro benzene ring substituents is 2. The molecule has 0 unspecified atom stereocenters. The molecule has 0 spiro atoms. The first kappa shape index (κ1) is 28.6. The maximum Gasteiger partial charge on any atom is 0.272 e. The van der Waals surface area contributed by atoms with Gasteiger partial charge in [-0.05, 0) is 25.0 Å². The number of rotatable bonds is 14. The molecule has 2 aromatic rings. The second-order valence-electron chi connectivity index (χ2n) is 10.1. The van der Waals surface area contributed by atoms with Gasteiger partial charge in [-0.25, -0.2) is 0 Å². The van der Waals surface area contributed by atoms with E-state index in [2.05, 4.69) is 17.6 Å². The fourth-order valence-corrected chi connectivity index (χ4v) is 4.92. The van der Waals surface area contributed by atoms with Crippen molar-refractivity contribution in [1.82, 2.24) is 0 Å². The van der Waals surface area contributed by atoms with Gasteiger partial charge in [-0.15, -0.1) is 0 Å². The van der Waals surface area contributed by atoms with E-state index < -0.39 is 21.7 Å². The van der Waals surface area contributed by atoms with E-state index in [0.717, 1.165) is 31.4 Å². The molecule has 0 bridgehead atoms. The molecule has 2 aliphatic rings. The number of hydrogen-bond donors (Lipinski definition) is 3. The van der Waals surface area contributed by atoms with E-state index in [0.29, 0.717) is 29.2 Å². The van der Waals surface area contributed by atoms with Crippen molar-refractivity contribution in [2.24, 2.45) is 0 Å². The molecule has 11 nitrogen and oxygen atoms in total. The fraction of sp³-hybridized carbons (Fsp3) is 0.414. The number of benzene rings is 2. The summed E-state index contributed by atoms with van der Waals surface area (Å²) in [5.41, 5.74) is 0.932. The van der Waals surface area contributed by atoms with Crippen molar-refractivity contribution < 1.29 is 24.5 Å². The number of allylic oxidation sites excluding steroid dienone is 1. The lowest BCUT2D eigenvalue weighted by Gasteiger charge is -2.31. The number of anilines is 2. The van der Waals surface area contributed by atoms with E-state index in [1.807, 2.05) is 0 Å². The number of nitro benzene ring substituents is 2. The number of fused-ring (bicyclic) bond motifs is 2. The van der Waals surface area contributed by atoms with Crippen LogP contribution in [0.15, 0.2) is 53.9 Å². The van der Waals surface area contributed by atoms with Crippen molar-refractivity contribution in [3.05, 3.63) is 79.7 Å². The van der Waals surface area contributed by atoms with Crippen LogP contribution in [0.5, 0.6) is 11.5 Å². The van der Waals surface area contributed by atoms with Gasteiger partial charge in [0.2, 0.25) is 5.78 Å². The van der Waals surface area contributed by atoms with Crippen molar-refractivity contribution in [3.8, 4) is 11.5 Å². The maximum absolute atomic E-state index is 12.9. The van der Waals surface area contributed by atoms with Crippen molar-refractivity contribution in [2.45, 2.75) is 77.2 Å². The fourth-order valence-electron chi connectivity index (χ4n) is 4.92. The normalized spacial score (nSPS) is 15.6. The Bertz CT molecular complexity index is 1350. The smallest absolute Gasteiger partial charge is 0.272 e. The lowest BCUT2D eigenvalue weighted by molar-refractivity contribution is -0.385. The van der Waals surface area contributed by atoms with E-state index in [1.165, 1.54) is 68.9 Å². The molecule has 11 heteroatoms. The Balaban J connectivity index is 1.47. The third kappa shape index (κ3) is 6.96. The first-order valence-corrected chi connectivity index (χ1v) is 13.7. The van der Waals surface area contributed by atoms with Gasteiger partial charge in [0.05, 0.1) is 26.9 Å². The van der Waals surface area contributed by atoms with Crippen molar-refractivity contribution in [2.75, 3.05) is 10.6 Å². The molecule has 212 valence electrons. The number of aryl methyl sites for hydroxylation is 1. The van der Waals surface area contributed by atoms with E-state index in [9.17, 15) is 30.1 Å². The highest BCUT2D eigenvalue weighted by molar-refractivity contribution is 6.08. The van der Waals surface area contributed by atoms with Gasteiger partial charge in [-0.3, -0.25) is 25.0 Å². The molecular formula is C29H34N4O7. The third-order valence-electron chi connectivity index (χ3n) is 7.08. The topological polar surface area (TPSA) is 157 Å². The van der Waals surface area contributed by atoms with Crippen LogP contribution in [0.1, 0.15) is 70.3 Å². The molecule has 4 rings (SSSR count). The highest BCUT2D eigenvalue weighted by Gasteiger charge is 2.32. The Hall–Kier alpha value is -4.41. The summed E-state index contributed by atoms with van der Waals surface area (Å²) < 4.78 is 6.12. The molecule has 1 aliphatic heterocycles. The summed E-state index contributed by atoms with van der Waals surface area (Å²) >= 11 is 0. The molecule has 0 saturated heterocycles. The highest BCUT2D eigenvalue weighted by Crippen LogP contribution is 2.41. The van der Waals surface area contributed by atoms with E-state index in [1.54, 1.807) is 0 Å². The van der Waals surface area contributed by atoms with Gasteiger partial charge in [0, 0.05) is 35.9 Å². The number of nitro groups is 2. The number of aromatic hydroxyl groups is 1. The first-order valence-electron chi connectivity index (χ1n) is 13.7. The van der Waals surface area contributed by atoms with Crippen LogP contribution in [0.25, 0.3) is 0 Å². The van der Waals surface area contributed by atoms with Crippen molar-refractivity contribution in [1.29, 1.82) is 0 Å². The van der Waals surface area contributed by atoms with Crippen LogP contribution in [0.4, 0.5) is 22.7 Å². The van der Waals surface area contributed by atoms with Crippen molar-refractivity contribution in [3.63, 3.8) is 0 Å². The largest absolute Gasteiger partial charge is 0.506 e. The zero-order valence-corrected chi connectivity index (χ0v) is 22.5. The Labute approximate surface area is 232 Å². The summed E-state index contributed by atoms with van der Waals surface area (Å²) in [6, 6.07) is 5.78. The number of hydrogen-bond acceptors (Lipinski definition) is 9. The number of phenols is 1. The number of phenolic OH excluding ortho intramolecular Hbond substituents is 1. The summed E-state index contributed by atoms with van der Waals surface area (Å²) in [4.78, 5) is 34.6.